The van der Waals surface area contributed by atoms with Gasteiger partial charge in [-0.3, -0.25) is 0 Å². The zero-order valence-electron chi connectivity index (χ0n) is 12.5. The van der Waals surface area contributed by atoms with Crippen LogP contribution in [0, 0.1) is 0 Å². The molecule has 20 heavy (non-hydrogen) atoms. The highest BCUT2D eigenvalue weighted by Crippen LogP contribution is 2.38. The Morgan fingerprint density at radius 2 is 2.10 bits per heavy atom. The molecule has 1 unspecified atom stereocenters. The predicted octanol–water partition coefficient (Wildman–Crippen LogP) is 1.65. The normalized spacial score (nSPS) is 21.1. The Balaban J connectivity index is 2.47. The van der Waals surface area contributed by atoms with Gasteiger partial charge in [-0.25, -0.2) is 0 Å². The lowest BCUT2D eigenvalue weighted by Crippen LogP contribution is -2.43. The summed E-state index contributed by atoms with van der Waals surface area (Å²) in [7, 11) is -0.0654. The van der Waals surface area contributed by atoms with E-state index in [1.807, 2.05) is 6.07 Å². The van der Waals surface area contributed by atoms with Crippen LogP contribution in [0.3, 0.4) is 0 Å². The maximum atomic E-state index is 9.66. The molecular formula is C15H23BO4. The molecule has 0 amide bonds. The van der Waals surface area contributed by atoms with Crippen LogP contribution >= 0.6 is 0 Å². The van der Waals surface area contributed by atoms with Gasteiger partial charge in [0.25, 0.3) is 0 Å². The first-order chi connectivity index (χ1) is 9.56. The van der Waals surface area contributed by atoms with E-state index in [4.69, 9.17) is 9.47 Å². The van der Waals surface area contributed by atoms with Gasteiger partial charge in [0.2, 0.25) is 0 Å². The summed E-state index contributed by atoms with van der Waals surface area (Å²) < 4.78 is 11.5. The third-order valence-electron chi connectivity index (χ3n) is 4.23. The number of aryl methyl sites for hydroxylation is 1. The van der Waals surface area contributed by atoms with E-state index in [9.17, 15) is 10.0 Å². The number of fused-ring (bicyclic) bond motifs is 1. The third-order valence-corrected chi connectivity index (χ3v) is 4.23. The molecule has 2 rings (SSSR count). The topological polar surface area (TPSA) is 58.9 Å². The lowest BCUT2D eigenvalue weighted by atomic mass is 9.75. The molecule has 1 heterocycles. The van der Waals surface area contributed by atoms with Crippen molar-refractivity contribution in [3.8, 4) is 11.5 Å². The molecule has 110 valence electrons. The van der Waals surface area contributed by atoms with Crippen LogP contribution < -0.4 is 14.9 Å². The quantitative estimate of drug-likeness (QED) is 0.804. The van der Waals surface area contributed by atoms with E-state index in [0.29, 0.717) is 17.0 Å². The predicted molar refractivity (Wildman–Crippen MR) is 79.7 cm³/mol. The molecule has 0 spiro atoms. The van der Waals surface area contributed by atoms with Crippen molar-refractivity contribution in [2.75, 3.05) is 7.11 Å². The van der Waals surface area contributed by atoms with Gasteiger partial charge >= 0.3 is 7.12 Å². The number of hydrogen-bond donors (Lipinski definition) is 2. The van der Waals surface area contributed by atoms with Crippen molar-refractivity contribution in [2.24, 2.45) is 0 Å². The van der Waals surface area contributed by atoms with Crippen LogP contribution in [0.5, 0.6) is 11.5 Å². The highest BCUT2D eigenvalue weighted by molar-refractivity contribution is 6.61. The van der Waals surface area contributed by atoms with Gasteiger partial charge in [-0.2, -0.15) is 0 Å². The molecule has 0 bridgehead atoms. The Bertz CT molecular complexity index is 475. The van der Waals surface area contributed by atoms with E-state index in [1.165, 1.54) is 7.11 Å². The molecule has 1 aromatic carbocycles. The monoisotopic (exact) mass is 278 g/mol. The van der Waals surface area contributed by atoms with Crippen LogP contribution in [-0.4, -0.2) is 29.9 Å². The lowest BCUT2D eigenvalue weighted by molar-refractivity contribution is 0.0336. The van der Waals surface area contributed by atoms with Gasteiger partial charge in [-0.05, 0) is 37.3 Å². The van der Waals surface area contributed by atoms with Crippen LogP contribution in [0.4, 0.5) is 0 Å². The minimum atomic E-state index is -1.59. The molecular weight excluding hydrogens is 255 g/mol. The Labute approximate surface area is 120 Å². The standard InChI is InChI=1S/C15H23BO4/c1-4-9-15(5-2)10-8-11-6-7-12(19-3)13(16(17)18)14(11)20-15/h6-7,17-18H,4-5,8-10H2,1-3H3. The minimum absolute atomic E-state index is 0.197. The average molecular weight is 278 g/mol. The summed E-state index contributed by atoms with van der Waals surface area (Å²) in [6, 6.07) is 3.72. The van der Waals surface area contributed by atoms with E-state index < -0.39 is 7.12 Å². The molecule has 0 saturated heterocycles. The first-order valence-corrected chi connectivity index (χ1v) is 7.31. The fourth-order valence-corrected chi connectivity index (χ4v) is 3.05. The summed E-state index contributed by atoms with van der Waals surface area (Å²) in [5.74, 6) is 1.06. The Kier molecular flexibility index (Phi) is 4.61. The van der Waals surface area contributed by atoms with Gasteiger partial charge in [0.1, 0.15) is 17.1 Å². The molecule has 0 aliphatic carbocycles. The number of methoxy groups -OCH3 is 1. The summed E-state index contributed by atoms with van der Waals surface area (Å²) in [6.45, 7) is 4.26. The zero-order chi connectivity index (χ0) is 14.8. The van der Waals surface area contributed by atoms with Crippen LogP contribution in [-0.2, 0) is 6.42 Å². The van der Waals surface area contributed by atoms with Crippen molar-refractivity contribution in [1.29, 1.82) is 0 Å². The number of benzene rings is 1. The number of hydrogen-bond acceptors (Lipinski definition) is 4. The first-order valence-electron chi connectivity index (χ1n) is 7.31. The van der Waals surface area contributed by atoms with Crippen molar-refractivity contribution < 1.29 is 19.5 Å². The van der Waals surface area contributed by atoms with Crippen LogP contribution in [0.15, 0.2) is 12.1 Å². The van der Waals surface area contributed by atoms with Gasteiger partial charge < -0.3 is 19.5 Å². The van der Waals surface area contributed by atoms with Gasteiger partial charge in [0.05, 0.1) is 12.6 Å². The second kappa shape index (κ2) is 6.06. The minimum Gasteiger partial charge on any atom is -0.497 e. The maximum absolute atomic E-state index is 9.66. The molecule has 2 N–H and O–H groups in total. The lowest BCUT2D eigenvalue weighted by Gasteiger charge is -2.39. The number of ether oxygens (including phenoxy) is 2. The van der Waals surface area contributed by atoms with Gasteiger partial charge in [0, 0.05) is 0 Å². The van der Waals surface area contributed by atoms with Crippen LogP contribution in [0.1, 0.15) is 45.1 Å². The zero-order valence-corrected chi connectivity index (χ0v) is 12.5. The molecule has 1 atom stereocenters. The number of rotatable bonds is 5. The molecule has 0 fully saturated rings. The summed E-state index contributed by atoms with van der Waals surface area (Å²) in [5.41, 5.74) is 1.17. The van der Waals surface area contributed by atoms with Gasteiger partial charge in [-0.15, -0.1) is 0 Å². The fourth-order valence-electron chi connectivity index (χ4n) is 3.05. The third kappa shape index (κ3) is 2.65. The summed E-state index contributed by atoms with van der Waals surface area (Å²) in [4.78, 5) is 0. The first kappa shape index (κ1) is 15.2. The Morgan fingerprint density at radius 3 is 2.65 bits per heavy atom. The molecule has 1 aliphatic heterocycles. The molecule has 0 aromatic heterocycles. The SMILES string of the molecule is CCCC1(CC)CCc2ccc(OC)c(B(O)O)c2O1. The van der Waals surface area contributed by atoms with Gasteiger partial charge in [-0.1, -0.05) is 26.3 Å². The second-order valence-corrected chi connectivity index (χ2v) is 5.43. The van der Waals surface area contributed by atoms with Crippen molar-refractivity contribution in [1.82, 2.24) is 0 Å². The summed E-state index contributed by atoms with van der Waals surface area (Å²) in [5, 5.41) is 19.3. The Morgan fingerprint density at radius 1 is 1.35 bits per heavy atom. The molecule has 5 heteroatoms. The second-order valence-electron chi connectivity index (χ2n) is 5.43. The average Bonchev–Trinajstić information content (AvgIpc) is 2.45. The molecule has 0 radical (unpaired) electrons. The molecule has 0 saturated carbocycles. The van der Waals surface area contributed by atoms with Crippen LogP contribution in [0.25, 0.3) is 0 Å². The highest BCUT2D eigenvalue weighted by atomic mass is 16.5. The fraction of sp³-hybridized carbons (Fsp3) is 0.600. The van der Waals surface area contributed by atoms with Crippen molar-refractivity contribution >= 4 is 12.6 Å². The summed E-state index contributed by atoms with van der Waals surface area (Å²) in [6.07, 6.45) is 4.80. The van der Waals surface area contributed by atoms with E-state index >= 15 is 0 Å². The smallest absolute Gasteiger partial charge is 0.496 e. The van der Waals surface area contributed by atoms with E-state index in [0.717, 1.165) is 37.7 Å². The largest absolute Gasteiger partial charge is 0.497 e. The van der Waals surface area contributed by atoms with Crippen molar-refractivity contribution in [3.05, 3.63) is 17.7 Å². The van der Waals surface area contributed by atoms with Gasteiger partial charge in [0.15, 0.2) is 0 Å². The Hall–Kier alpha value is -1.20. The van der Waals surface area contributed by atoms with Crippen LogP contribution in [0.2, 0.25) is 0 Å². The molecule has 4 nitrogen and oxygen atoms in total. The highest BCUT2D eigenvalue weighted by Gasteiger charge is 2.37. The van der Waals surface area contributed by atoms with E-state index in [-0.39, 0.29) is 5.60 Å². The van der Waals surface area contributed by atoms with E-state index in [2.05, 4.69) is 13.8 Å². The molecule has 1 aromatic rings. The summed E-state index contributed by atoms with van der Waals surface area (Å²) >= 11 is 0. The maximum Gasteiger partial charge on any atom is 0.496 e. The molecule has 1 aliphatic rings. The van der Waals surface area contributed by atoms with Crippen molar-refractivity contribution in [3.63, 3.8) is 0 Å². The van der Waals surface area contributed by atoms with Crippen molar-refractivity contribution in [2.45, 2.75) is 51.6 Å². The van der Waals surface area contributed by atoms with E-state index in [1.54, 1.807) is 6.07 Å².